The normalized spacial score (nSPS) is 14.2. The van der Waals surface area contributed by atoms with Crippen LogP contribution in [0, 0.1) is 0 Å². The molecule has 0 atom stereocenters. The lowest BCUT2D eigenvalue weighted by molar-refractivity contribution is 0.0963. The number of benzene rings is 2. The summed E-state index contributed by atoms with van der Waals surface area (Å²) in [7, 11) is 0. The zero-order chi connectivity index (χ0) is 13.9. The van der Waals surface area contributed by atoms with Crippen molar-refractivity contribution in [2.45, 2.75) is 19.5 Å². The third-order valence-corrected chi connectivity index (χ3v) is 4.26. The van der Waals surface area contributed by atoms with Crippen LogP contribution in [-0.4, -0.2) is 17.2 Å². The maximum Gasteiger partial charge on any atom is 0.164 e. The number of halogens is 1. The molecule has 0 amide bonds. The van der Waals surface area contributed by atoms with Gasteiger partial charge in [-0.15, -0.1) is 0 Å². The maximum atomic E-state index is 12.1. The summed E-state index contributed by atoms with van der Waals surface area (Å²) in [6.07, 6.45) is 0.579. The Kier molecular flexibility index (Phi) is 3.99. The summed E-state index contributed by atoms with van der Waals surface area (Å²) in [5.41, 5.74) is 3.58. The Labute approximate surface area is 127 Å². The summed E-state index contributed by atoms with van der Waals surface area (Å²) in [6.45, 7) is 2.75. The Morgan fingerprint density at radius 1 is 1.00 bits per heavy atom. The molecule has 1 aliphatic rings. The second-order valence-corrected chi connectivity index (χ2v) is 6.08. The number of hydrogen-bond acceptors (Lipinski definition) is 2. The number of hydrogen-bond donors (Lipinski definition) is 0. The van der Waals surface area contributed by atoms with Gasteiger partial charge in [0.15, 0.2) is 5.78 Å². The van der Waals surface area contributed by atoms with E-state index >= 15 is 0 Å². The summed E-state index contributed by atoms with van der Waals surface area (Å²) in [5.74, 6) is 0.216. The molecule has 3 rings (SSSR count). The average molecular weight is 330 g/mol. The van der Waals surface area contributed by atoms with E-state index in [0.29, 0.717) is 6.42 Å². The average Bonchev–Trinajstić information content (AvgIpc) is 2.88. The largest absolute Gasteiger partial charge is 0.294 e. The van der Waals surface area contributed by atoms with Gasteiger partial charge in [0.25, 0.3) is 0 Å². The smallest absolute Gasteiger partial charge is 0.164 e. The molecule has 0 saturated carbocycles. The van der Waals surface area contributed by atoms with Crippen molar-refractivity contribution in [3.05, 3.63) is 69.7 Å². The van der Waals surface area contributed by atoms with Crippen molar-refractivity contribution >= 4 is 21.7 Å². The Bertz CT molecular complexity index is 596. The Morgan fingerprint density at radius 2 is 1.60 bits per heavy atom. The van der Waals surface area contributed by atoms with Gasteiger partial charge in [0.2, 0.25) is 0 Å². The molecular weight excluding hydrogens is 314 g/mol. The number of carbonyl (C=O) groups excluding carboxylic acids is 1. The van der Waals surface area contributed by atoms with E-state index < -0.39 is 0 Å². The SMILES string of the molecule is O=C(CCN1Cc2ccccc2C1)c1ccc(Br)cc1. The molecule has 102 valence electrons. The number of nitrogens with zero attached hydrogens (tertiary/aromatic N) is 1. The first-order valence-corrected chi connectivity index (χ1v) is 7.59. The fourth-order valence-electron chi connectivity index (χ4n) is 2.60. The van der Waals surface area contributed by atoms with Crippen LogP contribution >= 0.6 is 15.9 Å². The molecule has 0 unspecified atom stereocenters. The molecule has 0 aromatic heterocycles. The van der Waals surface area contributed by atoms with Crippen LogP contribution < -0.4 is 0 Å². The minimum absolute atomic E-state index is 0.216. The van der Waals surface area contributed by atoms with Crippen LogP contribution in [0.15, 0.2) is 53.0 Å². The highest BCUT2D eigenvalue weighted by Gasteiger charge is 2.18. The molecule has 0 aliphatic carbocycles. The minimum Gasteiger partial charge on any atom is -0.294 e. The molecule has 2 aromatic carbocycles. The van der Waals surface area contributed by atoms with Gasteiger partial charge in [-0.25, -0.2) is 0 Å². The number of ketones is 1. The van der Waals surface area contributed by atoms with E-state index in [2.05, 4.69) is 45.1 Å². The molecule has 2 nitrogen and oxygen atoms in total. The van der Waals surface area contributed by atoms with E-state index in [0.717, 1.165) is 29.7 Å². The van der Waals surface area contributed by atoms with Gasteiger partial charge in [-0.2, -0.15) is 0 Å². The second-order valence-electron chi connectivity index (χ2n) is 5.16. The van der Waals surface area contributed by atoms with Gasteiger partial charge < -0.3 is 0 Å². The highest BCUT2D eigenvalue weighted by molar-refractivity contribution is 9.10. The van der Waals surface area contributed by atoms with E-state index in [1.54, 1.807) is 0 Å². The molecule has 0 fully saturated rings. The molecule has 0 spiro atoms. The van der Waals surface area contributed by atoms with Crippen LogP contribution in [0.4, 0.5) is 0 Å². The summed E-state index contributed by atoms with van der Waals surface area (Å²) in [4.78, 5) is 14.5. The van der Waals surface area contributed by atoms with Crippen molar-refractivity contribution in [2.24, 2.45) is 0 Å². The Morgan fingerprint density at radius 3 is 2.20 bits per heavy atom. The van der Waals surface area contributed by atoms with Gasteiger partial charge in [0.05, 0.1) is 0 Å². The number of carbonyl (C=O) groups is 1. The first-order valence-electron chi connectivity index (χ1n) is 6.80. The van der Waals surface area contributed by atoms with Crippen molar-refractivity contribution in [3.63, 3.8) is 0 Å². The van der Waals surface area contributed by atoms with Crippen molar-refractivity contribution in [2.75, 3.05) is 6.54 Å². The standard InChI is InChI=1S/C17H16BrNO/c18-16-7-5-13(6-8-16)17(20)9-10-19-11-14-3-1-2-4-15(14)12-19/h1-8H,9-12H2. The van der Waals surface area contributed by atoms with Crippen LogP contribution in [0.5, 0.6) is 0 Å². The fourth-order valence-corrected chi connectivity index (χ4v) is 2.87. The first-order chi connectivity index (χ1) is 9.72. The van der Waals surface area contributed by atoms with Crippen LogP contribution in [0.2, 0.25) is 0 Å². The van der Waals surface area contributed by atoms with E-state index in [9.17, 15) is 4.79 Å². The molecule has 0 radical (unpaired) electrons. The Balaban J connectivity index is 1.56. The monoisotopic (exact) mass is 329 g/mol. The lowest BCUT2D eigenvalue weighted by Crippen LogP contribution is -2.20. The van der Waals surface area contributed by atoms with Crippen molar-refractivity contribution in [3.8, 4) is 0 Å². The predicted octanol–water partition coefficient (Wildman–Crippen LogP) is 4.04. The van der Waals surface area contributed by atoms with E-state index in [-0.39, 0.29) is 5.78 Å². The predicted molar refractivity (Wildman–Crippen MR) is 83.6 cm³/mol. The van der Waals surface area contributed by atoms with Gasteiger partial charge in [0, 0.05) is 36.1 Å². The Hall–Kier alpha value is -1.45. The number of rotatable bonds is 4. The lowest BCUT2D eigenvalue weighted by Gasteiger charge is -2.13. The molecule has 1 aliphatic heterocycles. The highest BCUT2D eigenvalue weighted by Crippen LogP contribution is 2.22. The molecule has 0 saturated heterocycles. The lowest BCUT2D eigenvalue weighted by atomic mass is 10.1. The van der Waals surface area contributed by atoms with Crippen LogP contribution in [0.25, 0.3) is 0 Å². The van der Waals surface area contributed by atoms with Crippen molar-refractivity contribution < 1.29 is 4.79 Å². The summed E-state index contributed by atoms with van der Waals surface area (Å²) in [6, 6.07) is 16.1. The van der Waals surface area contributed by atoms with E-state index in [4.69, 9.17) is 0 Å². The third kappa shape index (κ3) is 3.00. The van der Waals surface area contributed by atoms with Crippen molar-refractivity contribution in [1.82, 2.24) is 4.90 Å². The molecule has 1 heterocycles. The maximum absolute atomic E-state index is 12.1. The summed E-state index contributed by atoms with van der Waals surface area (Å²) >= 11 is 3.38. The number of Topliss-reactive ketones (excluding diaryl/α,β-unsaturated/α-hetero) is 1. The van der Waals surface area contributed by atoms with E-state index in [1.807, 2.05) is 24.3 Å². The second kappa shape index (κ2) is 5.90. The summed E-state index contributed by atoms with van der Waals surface area (Å²) in [5, 5.41) is 0. The molecule has 20 heavy (non-hydrogen) atoms. The molecule has 0 bridgehead atoms. The number of fused-ring (bicyclic) bond motifs is 1. The summed E-state index contributed by atoms with van der Waals surface area (Å²) < 4.78 is 1.00. The molecule has 2 aromatic rings. The minimum atomic E-state index is 0.216. The van der Waals surface area contributed by atoms with Gasteiger partial charge in [-0.05, 0) is 23.3 Å². The van der Waals surface area contributed by atoms with Gasteiger partial charge >= 0.3 is 0 Å². The molecule has 0 N–H and O–H groups in total. The van der Waals surface area contributed by atoms with Crippen molar-refractivity contribution in [1.29, 1.82) is 0 Å². The van der Waals surface area contributed by atoms with Gasteiger partial charge in [-0.1, -0.05) is 52.3 Å². The zero-order valence-corrected chi connectivity index (χ0v) is 12.8. The van der Waals surface area contributed by atoms with Crippen LogP contribution in [0.1, 0.15) is 27.9 Å². The highest BCUT2D eigenvalue weighted by atomic mass is 79.9. The van der Waals surface area contributed by atoms with Gasteiger partial charge in [-0.3, -0.25) is 9.69 Å². The quantitative estimate of drug-likeness (QED) is 0.789. The third-order valence-electron chi connectivity index (χ3n) is 3.73. The zero-order valence-electron chi connectivity index (χ0n) is 11.2. The molecule has 3 heteroatoms. The van der Waals surface area contributed by atoms with Crippen LogP contribution in [0.3, 0.4) is 0 Å². The topological polar surface area (TPSA) is 20.3 Å². The van der Waals surface area contributed by atoms with E-state index in [1.165, 1.54) is 11.1 Å². The van der Waals surface area contributed by atoms with Crippen LogP contribution in [-0.2, 0) is 13.1 Å². The first kappa shape index (κ1) is 13.5. The van der Waals surface area contributed by atoms with Gasteiger partial charge in [0.1, 0.15) is 0 Å². The molecular formula is C17H16BrNO. The fraction of sp³-hybridized carbons (Fsp3) is 0.235.